The molecule has 0 aliphatic carbocycles. The molecule has 0 heterocycles. The first kappa shape index (κ1) is 17.9. The van der Waals surface area contributed by atoms with Gasteiger partial charge in [0, 0.05) is 19.1 Å². The molecule has 0 aliphatic rings. The summed E-state index contributed by atoms with van der Waals surface area (Å²) in [5.41, 5.74) is 0. The Bertz CT molecular complexity index is 185. The number of rotatable bonds is 11. The number of hydrogen-bond donors (Lipinski definition) is 2. The average molecular weight is 258 g/mol. The van der Waals surface area contributed by atoms with E-state index in [-0.39, 0.29) is 6.10 Å². The van der Waals surface area contributed by atoms with Crippen LogP contribution < -0.4 is 5.32 Å². The maximum atomic E-state index is 10.1. The molecule has 2 unspecified atom stereocenters. The second-order valence-electron chi connectivity index (χ2n) is 5.81. The smallest absolute Gasteiger partial charge is 0.0791 e. The van der Waals surface area contributed by atoms with Crippen LogP contribution in [0.5, 0.6) is 0 Å². The van der Waals surface area contributed by atoms with E-state index in [1.165, 1.54) is 12.8 Å². The zero-order chi connectivity index (χ0) is 14.0. The molecule has 110 valence electrons. The van der Waals surface area contributed by atoms with Gasteiger partial charge in [0.1, 0.15) is 0 Å². The zero-order valence-electron chi connectivity index (χ0n) is 13.1. The Kier molecular flexibility index (Phi) is 10.7. The first-order valence-electron chi connectivity index (χ1n) is 7.64. The lowest BCUT2D eigenvalue weighted by atomic mass is 10.1. The summed E-state index contributed by atoms with van der Waals surface area (Å²) in [6, 6.07) is 0.566. The summed E-state index contributed by atoms with van der Waals surface area (Å²) in [4.78, 5) is 2.42. The molecule has 0 saturated carbocycles. The Morgan fingerprint density at radius 2 is 1.78 bits per heavy atom. The molecule has 0 radical (unpaired) electrons. The van der Waals surface area contributed by atoms with Crippen molar-refractivity contribution in [1.29, 1.82) is 0 Å². The summed E-state index contributed by atoms with van der Waals surface area (Å²) in [7, 11) is 0. The molecule has 3 heteroatoms. The van der Waals surface area contributed by atoms with Crippen LogP contribution >= 0.6 is 0 Å². The van der Waals surface area contributed by atoms with Crippen LogP contribution in [0.4, 0.5) is 0 Å². The number of aliphatic hydroxyl groups excluding tert-OH is 1. The van der Waals surface area contributed by atoms with E-state index in [1.54, 1.807) is 0 Å². The van der Waals surface area contributed by atoms with E-state index in [4.69, 9.17) is 0 Å². The second-order valence-corrected chi connectivity index (χ2v) is 5.81. The van der Waals surface area contributed by atoms with Gasteiger partial charge in [-0.1, -0.05) is 34.1 Å². The van der Waals surface area contributed by atoms with Crippen LogP contribution in [0, 0.1) is 5.92 Å². The summed E-state index contributed by atoms with van der Waals surface area (Å²) in [5.74, 6) is 0.642. The van der Waals surface area contributed by atoms with Gasteiger partial charge < -0.3 is 10.4 Å². The van der Waals surface area contributed by atoms with Crippen LogP contribution in [0.3, 0.4) is 0 Å². The normalized spacial score (nSPS) is 15.3. The summed E-state index contributed by atoms with van der Waals surface area (Å²) < 4.78 is 0. The molecule has 0 rings (SSSR count). The minimum Gasteiger partial charge on any atom is -0.390 e. The average Bonchev–Trinajstić information content (AvgIpc) is 2.32. The minimum atomic E-state index is -0.255. The number of unbranched alkanes of at least 4 members (excludes halogenated alkanes) is 1. The first-order valence-corrected chi connectivity index (χ1v) is 7.64. The third-order valence-corrected chi connectivity index (χ3v) is 3.39. The molecule has 18 heavy (non-hydrogen) atoms. The van der Waals surface area contributed by atoms with Crippen molar-refractivity contribution in [3.8, 4) is 0 Å². The van der Waals surface area contributed by atoms with Crippen LogP contribution in [0.2, 0.25) is 0 Å². The largest absolute Gasteiger partial charge is 0.390 e. The van der Waals surface area contributed by atoms with Crippen LogP contribution in [0.15, 0.2) is 0 Å². The lowest BCUT2D eigenvalue weighted by molar-refractivity contribution is 0.0876. The van der Waals surface area contributed by atoms with Crippen molar-refractivity contribution in [1.82, 2.24) is 10.2 Å². The fourth-order valence-electron chi connectivity index (χ4n) is 1.98. The lowest BCUT2D eigenvalue weighted by Gasteiger charge is -2.30. The topological polar surface area (TPSA) is 35.5 Å². The van der Waals surface area contributed by atoms with Gasteiger partial charge in [-0.2, -0.15) is 0 Å². The van der Waals surface area contributed by atoms with Crippen molar-refractivity contribution in [2.24, 2.45) is 5.92 Å². The summed E-state index contributed by atoms with van der Waals surface area (Å²) >= 11 is 0. The maximum absolute atomic E-state index is 10.1. The molecular weight excluding hydrogens is 224 g/mol. The molecule has 2 N–H and O–H groups in total. The highest BCUT2D eigenvalue weighted by Crippen LogP contribution is 2.06. The van der Waals surface area contributed by atoms with Gasteiger partial charge >= 0.3 is 0 Å². The van der Waals surface area contributed by atoms with E-state index < -0.39 is 0 Å². The van der Waals surface area contributed by atoms with Gasteiger partial charge in [-0.05, 0) is 38.8 Å². The van der Waals surface area contributed by atoms with Gasteiger partial charge in [-0.15, -0.1) is 0 Å². The second kappa shape index (κ2) is 10.8. The molecule has 0 spiro atoms. The molecule has 0 aliphatic heterocycles. The van der Waals surface area contributed by atoms with Gasteiger partial charge in [0.05, 0.1) is 6.10 Å². The monoisotopic (exact) mass is 258 g/mol. The Hall–Kier alpha value is -0.120. The molecular formula is C15H34N2O. The molecule has 0 aromatic rings. The van der Waals surface area contributed by atoms with Crippen LogP contribution in [-0.4, -0.2) is 48.3 Å². The predicted octanol–water partition coefficient (Wildman–Crippen LogP) is 2.49. The predicted molar refractivity (Wildman–Crippen MR) is 79.9 cm³/mol. The van der Waals surface area contributed by atoms with E-state index in [2.05, 4.69) is 44.8 Å². The first-order chi connectivity index (χ1) is 8.51. The Balaban J connectivity index is 3.97. The van der Waals surface area contributed by atoms with Crippen LogP contribution in [0.1, 0.15) is 53.9 Å². The Labute approximate surface area is 114 Å². The van der Waals surface area contributed by atoms with Crippen molar-refractivity contribution in [2.45, 2.75) is 66.0 Å². The van der Waals surface area contributed by atoms with Crippen LogP contribution in [0.25, 0.3) is 0 Å². The van der Waals surface area contributed by atoms with Crippen molar-refractivity contribution < 1.29 is 5.11 Å². The highest BCUT2D eigenvalue weighted by Gasteiger charge is 2.15. The quantitative estimate of drug-likeness (QED) is 0.598. The lowest BCUT2D eigenvalue weighted by Crippen LogP contribution is -2.43. The molecule has 3 nitrogen and oxygen atoms in total. The van der Waals surface area contributed by atoms with Crippen molar-refractivity contribution >= 4 is 0 Å². The van der Waals surface area contributed by atoms with Gasteiger partial charge in [0.15, 0.2) is 0 Å². The van der Waals surface area contributed by atoms with Gasteiger partial charge in [0.25, 0.3) is 0 Å². The molecule has 0 saturated heterocycles. The molecule has 0 aromatic heterocycles. The fraction of sp³-hybridized carbons (Fsp3) is 1.00. The van der Waals surface area contributed by atoms with Crippen LogP contribution in [-0.2, 0) is 0 Å². The zero-order valence-corrected chi connectivity index (χ0v) is 13.1. The standard InChI is InChI=1S/C15H34N2O/c1-6-8-9-17(14(5)7-2)12-15(18)11-16-10-13(3)4/h13-16,18H,6-12H2,1-5H3. The van der Waals surface area contributed by atoms with E-state index in [1.807, 2.05) is 0 Å². The molecule has 0 aromatic carbocycles. The van der Waals surface area contributed by atoms with E-state index >= 15 is 0 Å². The highest BCUT2D eigenvalue weighted by atomic mass is 16.3. The molecule has 0 bridgehead atoms. The Morgan fingerprint density at radius 3 is 2.28 bits per heavy atom. The number of hydrogen-bond acceptors (Lipinski definition) is 3. The molecule has 2 atom stereocenters. The number of aliphatic hydroxyl groups is 1. The van der Waals surface area contributed by atoms with Gasteiger partial charge in [-0.3, -0.25) is 4.90 Å². The molecule has 0 amide bonds. The number of nitrogens with one attached hydrogen (secondary N) is 1. The molecule has 0 fully saturated rings. The van der Waals surface area contributed by atoms with E-state index in [0.29, 0.717) is 18.5 Å². The van der Waals surface area contributed by atoms with Gasteiger partial charge in [0.2, 0.25) is 0 Å². The highest BCUT2D eigenvalue weighted by molar-refractivity contribution is 4.72. The van der Waals surface area contributed by atoms with Crippen molar-refractivity contribution in [3.05, 3.63) is 0 Å². The summed E-state index contributed by atoms with van der Waals surface area (Å²) in [6.45, 7) is 14.6. The van der Waals surface area contributed by atoms with E-state index in [9.17, 15) is 5.11 Å². The maximum Gasteiger partial charge on any atom is 0.0791 e. The summed E-state index contributed by atoms with van der Waals surface area (Å²) in [5, 5.41) is 13.4. The summed E-state index contributed by atoms with van der Waals surface area (Å²) in [6.07, 6.45) is 3.33. The fourth-order valence-corrected chi connectivity index (χ4v) is 1.98. The van der Waals surface area contributed by atoms with Crippen molar-refractivity contribution in [2.75, 3.05) is 26.2 Å². The Morgan fingerprint density at radius 1 is 1.11 bits per heavy atom. The van der Waals surface area contributed by atoms with Gasteiger partial charge in [-0.25, -0.2) is 0 Å². The third kappa shape index (κ3) is 8.90. The van der Waals surface area contributed by atoms with E-state index in [0.717, 1.165) is 26.1 Å². The van der Waals surface area contributed by atoms with Crippen molar-refractivity contribution in [3.63, 3.8) is 0 Å². The number of nitrogens with zero attached hydrogens (tertiary/aromatic N) is 1. The SMILES string of the molecule is CCCCN(CC(O)CNCC(C)C)C(C)CC. The third-order valence-electron chi connectivity index (χ3n) is 3.39. The minimum absolute atomic E-state index is 0.255.